The van der Waals surface area contributed by atoms with Crippen LogP contribution in [-0.4, -0.2) is 57.2 Å². The zero-order valence-electron chi connectivity index (χ0n) is 14.4. The number of aryl methyl sites for hydroxylation is 1. The van der Waals surface area contributed by atoms with Crippen molar-refractivity contribution in [2.45, 2.75) is 25.8 Å². The minimum absolute atomic E-state index is 0. The Balaban J connectivity index is 0.00000264. The topological polar surface area (TPSA) is 66.7 Å². The van der Waals surface area contributed by atoms with E-state index in [0.29, 0.717) is 26.2 Å². The molecule has 1 aliphatic heterocycles. The van der Waals surface area contributed by atoms with Gasteiger partial charge in [-0.3, -0.25) is 9.69 Å². The lowest BCUT2D eigenvalue weighted by Gasteiger charge is -2.26. The second kappa shape index (κ2) is 12.6. The van der Waals surface area contributed by atoms with E-state index in [9.17, 15) is 4.79 Å². The Hall–Kier alpha value is -0.790. The zero-order chi connectivity index (χ0) is 15.8. The predicted molar refractivity (Wildman–Crippen MR) is 99.2 cm³/mol. The van der Waals surface area contributed by atoms with Crippen molar-refractivity contribution in [2.75, 3.05) is 46.4 Å². The van der Waals surface area contributed by atoms with Crippen LogP contribution in [0.1, 0.15) is 30.4 Å². The SMILES string of the molecule is COCCNCC(=O)NCC(c1ccc(C)o1)N1CCCC1.Cl.Cl. The summed E-state index contributed by atoms with van der Waals surface area (Å²) in [6.45, 7) is 6.25. The number of halogens is 2. The van der Waals surface area contributed by atoms with Gasteiger partial charge in [-0.25, -0.2) is 0 Å². The van der Waals surface area contributed by atoms with E-state index in [0.717, 1.165) is 24.6 Å². The Labute approximate surface area is 156 Å². The molecular weight excluding hydrogens is 353 g/mol. The maximum absolute atomic E-state index is 11.9. The number of likely N-dealkylation sites (tertiary alicyclic amines) is 1. The highest BCUT2D eigenvalue weighted by molar-refractivity contribution is 5.85. The molecule has 2 heterocycles. The quantitative estimate of drug-likeness (QED) is 0.639. The lowest BCUT2D eigenvalue weighted by atomic mass is 10.2. The first-order chi connectivity index (χ1) is 10.7. The van der Waals surface area contributed by atoms with Crippen molar-refractivity contribution in [1.29, 1.82) is 0 Å². The van der Waals surface area contributed by atoms with E-state index >= 15 is 0 Å². The van der Waals surface area contributed by atoms with Gasteiger partial charge in [0.25, 0.3) is 0 Å². The molecule has 0 aromatic carbocycles. The lowest BCUT2D eigenvalue weighted by Crippen LogP contribution is -2.40. The van der Waals surface area contributed by atoms with E-state index in [1.807, 2.05) is 19.1 Å². The Morgan fingerprint density at radius 1 is 1.33 bits per heavy atom. The summed E-state index contributed by atoms with van der Waals surface area (Å²) >= 11 is 0. The fourth-order valence-corrected chi connectivity index (χ4v) is 2.74. The Bertz CT molecular complexity index is 465. The summed E-state index contributed by atoms with van der Waals surface area (Å²) in [4.78, 5) is 14.3. The van der Waals surface area contributed by atoms with Crippen LogP contribution in [-0.2, 0) is 9.53 Å². The lowest BCUT2D eigenvalue weighted by molar-refractivity contribution is -0.120. The number of nitrogens with one attached hydrogen (secondary N) is 2. The molecule has 1 aromatic heterocycles. The number of carbonyl (C=O) groups excluding carboxylic acids is 1. The summed E-state index contributed by atoms with van der Waals surface area (Å²) < 4.78 is 10.7. The zero-order valence-corrected chi connectivity index (χ0v) is 16.0. The second-order valence-corrected chi connectivity index (χ2v) is 5.68. The molecule has 1 amide bonds. The molecule has 2 rings (SSSR count). The van der Waals surface area contributed by atoms with Crippen LogP contribution in [0.25, 0.3) is 0 Å². The standard InChI is InChI=1S/C16H27N3O3.2ClH/c1-13-5-6-15(22-13)14(19-8-3-4-9-19)11-18-16(20)12-17-7-10-21-2;;/h5-6,14,17H,3-4,7-12H2,1-2H3,(H,18,20);2*1H. The van der Waals surface area contributed by atoms with Crippen LogP contribution in [0.3, 0.4) is 0 Å². The van der Waals surface area contributed by atoms with Gasteiger partial charge in [0.05, 0.1) is 19.2 Å². The Morgan fingerprint density at radius 2 is 2.04 bits per heavy atom. The molecular formula is C16H29Cl2N3O3. The molecule has 2 N–H and O–H groups in total. The fraction of sp³-hybridized carbons (Fsp3) is 0.688. The third kappa shape index (κ3) is 7.40. The van der Waals surface area contributed by atoms with Gasteiger partial charge < -0.3 is 19.8 Å². The predicted octanol–water partition coefficient (Wildman–Crippen LogP) is 1.92. The first-order valence-electron chi connectivity index (χ1n) is 7.97. The van der Waals surface area contributed by atoms with E-state index < -0.39 is 0 Å². The minimum atomic E-state index is 0. The number of ether oxygens (including phenoxy) is 1. The third-order valence-electron chi connectivity index (χ3n) is 3.93. The number of amides is 1. The van der Waals surface area contributed by atoms with Gasteiger partial charge in [0.2, 0.25) is 5.91 Å². The molecule has 24 heavy (non-hydrogen) atoms. The molecule has 1 aliphatic rings. The van der Waals surface area contributed by atoms with Gasteiger partial charge in [0, 0.05) is 20.2 Å². The molecule has 0 saturated carbocycles. The maximum atomic E-state index is 11.9. The van der Waals surface area contributed by atoms with Crippen LogP contribution in [0.15, 0.2) is 16.5 Å². The number of furan rings is 1. The van der Waals surface area contributed by atoms with E-state index in [1.165, 1.54) is 12.8 Å². The van der Waals surface area contributed by atoms with Crippen LogP contribution < -0.4 is 10.6 Å². The smallest absolute Gasteiger partial charge is 0.234 e. The van der Waals surface area contributed by atoms with Crippen LogP contribution >= 0.6 is 24.8 Å². The number of hydrogen-bond acceptors (Lipinski definition) is 5. The first-order valence-corrected chi connectivity index (χ1v) is 7.97. The highest BCUT2D eigenvalue weighted by Gasteiger charge is 2.26. The molecule has 0 spiro atoms. The van der Waals surface area contributed by atoms with Gasteiger partial charge in [-0.2, -0.15) is 0 Å². The van der Waals surface area contributed by atoms with Gasteiger partial charge >= 0.3 is 0 Å². The molecule has 8 heteroatoms. The van der Waals surface area contributed by atoms with E-state index in [4.69, 9.17) is 9.15 Å². The summed E-state index contributed by atoms with van der Waals surface area (Å²) in [6, 6.07) is 4.12. The molecule has 1 unspecified atom stereocenters. The normalized spacial score (nSPS) is 15.4. The van der Waals surface area contributed by atoms with E-state index in [1.54, 1.807) is 7.11 Å². The van der Waals surface area contributed by atoms with Crippen LogP contribution in [0.5, 0.6) is 0 Å². The first kappa shape index (κ1) is 23.2. The van der Waals surface area contributed by atoms with Crippen LogP contribution in [0.4, 0.5) is 0 Å². The molecule has 140 valence electrons. The van der Waals surface area contributed by atoms with Crippen molar-refractivity contribution in [2.24, 2.45) is 0 Å². The molecule has 0 aliphatic carbocycles. The molecule has 1 aromatic rings. The van der Waals surface area contributed by atoms with Gasteiger partial charge in [0.15, 0.2) is 0 Å². The average Bonchev–Trinajstić information content (AvgIpc) is 3.16. The summed E-state index contributed by atoms with van der Waals surface area (Å²) in [5.41, 5.74) is 0. The maximum Gasteiger partial charge on any atom is 0.234 e. The van der Waals surface area contributed by atoms with Crippen molar-refractivity contribution in [3.63, 3.8) is 0 Å². The van der Waals surface area contributed by atoms with Gasteiger partial charge in [-0.1, -0.05) is 0 Å². The summed E-state index contributed by atoms with van der Waals surface area (Å²) in [6.07, 6.45) is 2.42. The summed E-state index contributed by atoms with van der Waals surface area (Å²) in [5.74, 6) is 1.85. The number of carbonyl (C=O) groups is 1. The number of hydrogen-bond donors (Lipinski definition) is 2. The van der Waals surface area contributed by atoms with Gasteiger partial charge in [0.1, 0.15) is 11.5 Å². The van der Waals surface area contributed by atoms with Crippen LogP contribution in [0.2, 0.25) is 0 Å². The van der Waals surface area contributed by atoms with Gasteiger partial charge in [-0.05, 0) is 45.0 Å². The molecule has 0 bridgehead atoms. The van der Waals surface area contributed by atoms with Crippen molar-refractivity contribution >= 4 is 30.7 Å². The summed E-state index contributed by atoms with van der Waals surface area (Å²) in [5, 5.41) is 6.05. The second-order valence-electron chi connectivity index (χ2n) is 5.68. The average molecular weight is 382 g/mol. The van der Waals surface area contributed by atoms with E-state index in [2.05, 4.69) is 15.5 Å². The Kier molecular flexibility index (Phi) is 12.1. The molecule has 1 saturated heterocycles. The van der Waals surface area contributed by atoms with Crippen molar-refractivity contribution < 1.29 is 13.9 Å². The number of nitrogens with zero attached hydrogens (tertiary/aromatic N) is 1. The van der Waals surface area contributed by atoms with Crippen molar-refractivity contribution in [3.8, 4) is 0 Å². The Morgan fingerprint density at radius 3 is 2.62 bits per heavy atom. The van der Waals surface area contributed by atoms with Crippen molar-refractivity contribution in [3.05, 3.63) is 23.7 Å². The molecule has 1 fully saturated rings. The molecule has 1 atom stereocenters. The van der Waals surface area contributed by atoms with Crippen LogP contribution in [0, 0.1) is 6.92 Å². The largest absolute Gasteiger partial charge is 0.465 e. The third-order valence-corrected chi connectivity index (χ3v) is 3.93. The van der Waals surface area contributed by atoms with Crippen molar-refractivity contribution in [1.82, 2.24) is 15.5 Å². The minimum Gasteiger partial charge on any atom is -0.465 e. The molecule has 6 nitrogen and oxygen atoms in total. The highest BCUT2D eigenvalue weighted by Crippen LogP contribution is 2.25. The van der Waals surface area contributed by atoms with Gasteiger partial charge in [-0.15, -0.1) is 24.8 Å². The summed E-state index contributed by atoms with van der Waals surface area (Å²) in [7, 11) is 1.65. The number of rotatable bonds is 9. The highest BCUT2D eigenvalue weighted by atomic mass is 35.5. The number of methoxy groups -OCH3 is 1. The van der Waals surface area contributed by atoms with E-state index in [-0.39, 0.29) is 36.8 Å². The fourth-order valence-electron chi connectivity index (χ4n) is 2.74. The molecule has 0 radical (unpaired) electrons. The monoisotopic (exact) mass is 381 g/mol.